The highest BCUT2D eigenvalue weighted by molar-refractivity contribution is 14.1. The second-order valence-electron chi connectivity index (χ2n) is 7.19. The van der Waals surface area contributed by atoms with E-state index in [4.69, 9.17) is 26.4 Å². The molecular weight excluding hydrogens is 584 g/mol. The summed E-state index contributed by atoms with van der Waals surface area (Å²) in [6, 6.07) is 16.4. The van der Waals surface area contributed by atoms with Crippen LogP contribution >= 0.6 is 34.8 Å². The van der Waals surface area contributed by atoms with E-state index in [-0.39, 0.29) is 16.5 Å². The van der Waals surface area contributed by atoms with Crippen LogP contribution in [0.5, 0.6) is 23.0 Å². The lowest BCUT2D eigenvalue weighted by Gasteiger charge is -2.14. The number of anilines is 1. The number of pyridine rings is 1. The van der Waals surface area contributed by atoms with Gasteiger partial charge in [-0.3, -0.25) is 15.1 Å². The average Bonchev–Trinajstić information content (AvgIpc) is 2.85. The van der Waals surface area contributed by atoms with Gasteiger partial charge in [-0.1, -0.05) is 0 Å². The van der Waals surface area contributed by atoms with Crippen molar-refractivity contribution in [1.29, 1.82) is 0 Å². The molecule has 1 amide bonds. The van der Waals surface area contributed by atoms with Crippen LogP contribution in [0.2, 0.25) is 0 Å². The minimum atomic E-state index is -0.606. The van der Waals surface area contributed by atoms with Gasteiger partial charge in [0.2, 0.25) is 0 Å². The van der Waals surface area contributed by atoms with E-state index >= 15 is 0 Å². The highest BCUT2D eigenvalue weighted by atomic mass is 127. The van der Waals surface area contributed by atoms with Crippen LogP contribution in [0.1, 0.15) is 10.4 Å². The van der Waals surface area contributed by atoms with Gasteiger partial charge in [0.05, 0.1) is 25.4 Å². The van der Waals surface area contributed by atoms with Crippen LogP contribution in [-0.4, -0.2) is 30.2 Å². The molecule has 1 heterocycles. The summed E-state index contributed by atoms with van der Waals surface area (Å²) in [5.41, 5.74) is 1.17. The number of methoxy groups -OCH3 is 2. The first-order valence-electron chi connectivity index (χ1n) is 10.2. The number of hydrogen-bond donors (Lipinski definition) is 2. The van der Waals surface area contributed by atoms with Crippen LogP contribution in [0.15, 0.2) is 66.9 Å². The monoisotopic (exact) mass is 603 g/mol. The summed E-state index contributed by atoms with van der Waals surface area (Å²) < 4.78 is 32.4. The van der Waals surface area contributed by atoms with Crippen molar-refractivity contribution in [2.45, 2.75) is 0 Å². The summed E-state index contributed by atoms with van der Waals surface area (Å²) in [5, 5.41) is 5.88. The Kier molecular flexibility index (Phi) is 7.61. The number of carbonyl (C=O) groups is 1. The number of halogens is 2. The molecule has 35 heavy (non-hydrogen) atoms. The van der Waals surface area contributed by atoms with Gasteiger partial charge in [-0.15, -0.1) is 0 Å². The number of hydrogen-bond acceptors (Lipinski definition) is 6. The smallest absolute Gasteiger partial charge is 0.257 e. The summed E-state index contributed by atoms with van der Waals surface area (Å²) in [7, 11) is 3.08. The van der Waals surface area contributed by atoms with Crippen LogP contribution < -0.4 is 24.8 Å². The van der Waals surface area contributed by atoms with E-state index in [1.165, 1.54) is 19.2 Å². The average molecular weight is 603 g/mol. The first-order chi connectivity index (χ1) is 16.9. The second kappa shape index (κ2) is 10.8. The van der Waals surface area contributed by atoms with E-state index in [1.54, 1.807) is 49.7 Å². The largest absolute Gasteiger partial charge is 0.493 e. The van der Waals surface area contributed by atoms with Crippen molar-refractivity contribution in [2.24, 2.45) is 0 Å². The van der Waals surface area contributed by atoms with E-state index in [1.807, 2.05) is 12.1 Å². The van der Waals surface area contributed by atoms with E-state index in [0.29, 0.717) is 33.7 Å². The molecule has 0 saturated carbocycles. The first-order valence-corrected chi connectivity index (χ1v) is 11.7. The fourth-order valence-electron chi connectivity index (χ4n) is 3.25. The van der Waals surface area contributed by atoms with Gasteiger partial charge in [0.25, 0.3) is 5.91 Å². The molecular formula is C25H19FIN3O4S. The molecule has 3 aromatic carbocycles. The first kappa shape index (κ1) is 24.6. The zero-order chi connectivity index (χ0) is 24.9. The number of nitrogens with one attached hydrogen (secondary N) is 2. The summed E-state index contributed by atoms with van der Waals surface area (Å²) in [6.45, 7) is 0. The Labute approximate surface area is 219 Å². The fourth-order valence-corrected chi connectivity index (χ4v) is 3.82. The molecule has 2 N–H and O–H groups in total. The number of ether oxygens (including phenoxy) is 3. The number of benzene rings is 3. The normalized spacial score (nSPS) is 10.5. The van der Waals surface area contributed by atoms with Crippen molar-refractivity contribution in [3.63, 3.8) is 0 Å². The van der Waals surface area contributed by atoms with Crippen LogP contribution in [0, 0.1) is 9.39 Å². The third-order valence-corrected chi connectivity index (χ3v) is 5.88. The van der Waals surface area contributed by atoms with Crippen molar-refractivity contribution in [2.75, 3.05) is 19.5 Å². The lowest BCUT2D eigenvalue weighted by atomic mass is 10.2. The Morgan fingerprint density at radius 2 is 1.69 bits per heavy atom. The third-order valence-electron chi connectivity index (χ3n) is 4.96. The van der Waals surface area contributed by atoms with Crippen LogP contribution in [0.4, 0.5) is 10.1 Å². The zero-order valence-electron chi connectivity index (χ0n) is 18.6. The molecule has 0 fully saturated rings. The molecule has 0 aliphatic heterocycles. The minimum absolute atomic E-state index is 0.0257. The molecule has 4 aromatic rings. The summed E-state index contributed by atoms with van der Waals surface area (Å²) >= 11 is 7.31. The second-order valence-corrected chi connectivity index (χ2v) is 8.85. The molecule has 0 radical (unpaired) electrons. The quantitative estimate of drug-likeness (QED) is 0.209. The standard InChI is InChI=1S/C25H19FIN3O4S/c1-32-22-12-17-20(13-23(22)33-2)28-10-9-21(17)34-16-7-8-19(18(26)11-16)29-25(35)30-24(31)14-3-5-15(27)6-4-14/h3-13H,1-2H3,(H2,29,30,31,35). The maximum atomic E-state index is 14.8. The van der Waals surface area contributed by atoms with E-state index in [2.05, 4.69) is 38.2 Å². The van der Waals surface area contributed by atoms with Crippen molar-refractivity contribution in [3.05, 3.63) is 81.8 Å². The SMILES string of the molecule is COc1cc2nccc(Oc3ccc(NC(=S)NC(=O)c4ccc(I)cc4)c(F)c3)c2cc1OC. The summed E-state index contributed by atoms with van der Waals surface area (Å²) in [4.78, 5) is 16.6. The molecule has 10 heteroatoms. The molecule has 0 saturated heterocycles. The highest BCUT2D eigenvalue weighted by Gasteiger charge is 2.14. The molecule has 1 aromatic heterocycles. The maximum Gasteiger partial charge on any atom is 0.257 e. The van der Waals surface area contributed by atoms with Crippen molar-refractivity contribution in [3.8, 4) is 23.0 Å². The van der Waals surface area contributed by atoms with Gasteiger partial charge in [-0.25, -0.2) is 4.39 Å². The number of carbonyl (C=O) groups excluding carboxylic acids is 1. The van der Waals surface area contributed by atoms with Crippen molar-refractivity contribution in [1.82, 2.24) is 10.3 Å². The molecule has 0 bridgehead atoms. The predicted molar refractivity (Wildman–Crippen MR) is 144 cm³/mol. The van der Waals surface area contributed by atoms with E-state index in [9.17, 15) is 9.18 Å². The Hall–Kier alpha value is -3.51. The molecule has 178 valence electrons. The zero-order valence-corrected chi connectivity index (χ0v) is 21.6. The number of rotatable bonds is 6. The molecule has 0 spiro atoms. The lowest BCUT2D eigenvalue weighted by Crippen LogP contribution is -2.34. The molecule has 0 unspecified atom stereocenters. The number of amides is 1. The summed E-state index contributed by atoms with van der Waals surface area (Å²) in [5.74, 6) is 0.794. The fraction of sp³-hybridized carbons (Fsp3) is 0.0800. The van der Waals surface area contributed by atoms with Gasteiger partial charge >= 0.3 is 0 Å². The number of thiocarbonyl (C=S) groups is 1. The number of aromatic nitrogens is 1. The summed E-state index contributed by atoms with van der Waals surface area (Å²) in [6.07, 6.45) is 1.59. The van der Waals surface area contributed by atoms with Gasteiger partial charge in [0, 0.05) is 32.8 Å². The van der Waals surface area contributed by atoms with Crippen molar-refractivity contribution < 1.29 is 23.4 Å². The highest BCUT2D eigenvalue weighted by Crippen LogP contribution is 2.37. The predicted octanol–water partition coefficient (Wildman–Crippen LogP) is 5.91. The van der Waals surface area contributed by atoms with Gasteiger partial charge in [-0.05, 0) is 83.3 Å². The molecule has 0 aliphatic carbocycles. The van der Waals surface area contributed by atoms with Crippen LogP contribution in [0.25, 0.3) is 10.9 Å². The van der Waals surface area contributed by atoms with E-state index < -0.39 is 11.7 Å². The van der Waals surface area contributed by atoms with Gasteiger partial charge < -0.3 is 19.5 Å². The molecule has 4 rings (SSSR count). The number of fused-ring (bicyclic) bond motifs is 1. The number of nitrogens with zero attached hydrogens (tertiary/aromatic N) is 1. The van der Waals surface area contributed by atoms with Crippen LogP contribution in [0.3, 0.4) is 0 Å². The van der Waals surface area contributed by atoms with E-state index in [0.717, 1.165) is 3.57 Å². The third kappa shape index (κ3) is 5.77. The molecule has 0 atom stereocenters. The molecule has 0 aliphatic rings. The Morgan fingerprint density at radius 3 is 2.37 bits per heavy atom. The van der Waals surface area contributed by atoms with Gasteiger partial charge in [-0.2, -0.15) is 0 Å². The topological polar surface area (TPSA) is 81.7 Å². The van der Waals surface area contributed by atoms with Gasteiger partial charge in [0.1, 0.15) is 17.3 Å². The molecule has 7 nitrogen and oxygen atoms in total. The van der Waals surface area contributed by atoms with Crippen LogP contribution in [-0.2, 0) is 0 Å². The Morgan fingerprint density at radius 1 is 0.971 bits per heavy atom. The lowest BCUT2D eigenvalue weighted by molar-refractivity contribution is 0.0977. The maximum absolute atomic E-state index is 14.8. The van der Waals surface area contributed by atoms with Gasteiger partial charge in [0.15, 0.2) is 16.6 Å². The Bertz CT molecular complexity index is 1420. The minimum Gasteiger partial charge on any atom is -0.493 e. The van der Waals surface area contributed by atoms with Crippen molar-refractivity contribution >= 4 is 62.4 Å². The Balaban J connectivity index is 1.48.